The fourth-order valence-corrected chi connectivity index (χ4v) is 4.30. The molecule has 1 atom stereocenters. The van der Waals surface area contributed by atoms with Crippen molar-refractivity contribution in [3.05, 3.63) is 60.7 Å². The van der Waals surface area contributed by atoms with Gasteiger partial charge in [0.1, 0.15) is 0 Å². The Morgan fingerprint density at radius 1 is 1.10 bits per heavy atom. The molecule has 158 valence electrons. The van der Waals surface area contributed by atoms with Gasteiger partial charge in [-0.2, -0.15) is 5.10 Å². The molecule has 0 N–H and O–H groups in total. The fraction of sp³-hybridized carbons (Fsp3) is 0.333. The summed E-state index contributed by atoms with van der Waals surface area (Å²) in [6.07, 6.45) is 7.49. The molecule has 2 amide bonds. The Hall–Kier alpha value is -3.48. The summed E-state index contributed by atoms with van der Waals surface area (Å²) < 4.78 is 1.86. The number of nitrogens with zero attached hydrogens (tertiary/aromatic N) is 5. The van der Waals surface area contributed by atoms with Crippen molar-refractivity contribution in [2.75, 3.05) is 16.3 Å². The summed E-state index contributed by atoms with van der Waals surface area (Å²) in [5, 5.41) is 4.48. The Labute approximate surface area is 181 Å². The Kier molecular flexibility index (Phi) is 4.81. The minimum absolute atomic E-state index is 0.0109. The molecule has 1 fully saturated rings. The van der Waals surface area contributed by atoms with Crippen LogP contribution in [0.5, 0.6) is 0 Å². The van der Waals surface area contributed by atoms with Crippen LogP contribution in [-0.2, 0) is 16.1 Å². The molecule has 0 radical (unpaired) electrons. The third kappa shape index (κ3) is 3.71. The largest absolute Gasteiger partial charge is 0.308 e. The Bertz CT molecular complexity index is 1140. The van der Waals surface area contributed by atoms with Gasteiger partial charge in [0, 0.05) is 37.3 Å². The van der Waals surface area contributed by atoms with Crippen molar-refractivity contribution in [3.63, 3.8) is 0 Å². The standard InChI is InChI=1S/C24H25N5O2/c1-16-13-28(24(31)18-6-7-18)23-11-19(8-9-22(23)29(16)17(2)30)20-12-26-27(14-20)15-21-5-3-4-10-25-21/h3-5,8-12,14,16,18H,6-7,13,15H2,1-2H3. The van der Waals surface area contributed by atoms with Gasteiger partial charge in [0.25, 0.3) is 0 Å². The fourth-order valence-electron chi connectivity index (χ4n) is 4.30. The van der Waals surface area contributed by atoms with Gasteiger partial charge < -0.3 is 9.80 Å². The van der Waals surface area contributed by atoms with Crippen LogP contribution in [0.25, 0.3) is 11.1 Å². The van der Waals surface area contributed by atoms with E-state index in [9.17, 15) is 9.59 Å². The third-order valence-corrected chi connectivity index (χ3v) is 5.96. The molecule has 3 aromatic rings. The first kappa shape index (κ1) is 19.5. The lowest BCUT2D eigenvalue weighted by Gasteiger charge is -2.41. The number of hydrogen-bond acceptors (Lipinski definition) is 4. The number of fused-ring (bicyclic) bond motifs is 1. The predicted octanol–water partition coefficient (Wildman–Crippen LogP) is 3.49. The highest BCUT2D eigenvalue weighted by molar-refractivity contribution is 6.06. The molecule has 5 rings (SSSR count). The Balaban J connectivity index is 1.50. The van der Waals surface area contributed by atoms with E-state index < -0.39 is 0 Å². The highest BCUT2D eigenvalue weighted by atomic mass is 16.2. The molecule has 1 saturated carbocycles. The van der Waals surface area contributed by atoms with E-state index in [0.29, 0.717) is 13.1 Å². The zero-order chi connectivity index (χ0) is 21.5. The van der Waals surface area contributed by atoms with Crippen LogP contribution in [0.3, 0.4) is 0 Å². The third-order valence-electron chi connectivity index (χ3n) is 5.96. The minimum Gasteiger partial charge on any atom is -0.308 e. The van der Waals surface area contributed by atoms with Gasteiger partial charge in [-0.05, 0) is 49.6 Å². The van der Waals surface area contributed by atoms with Gasteiger partial charge in [-0.15, -0.1) is 0 Å². The first-order valence-corrected chi connectivity index (χ1v) is 10.7. The zero-order valence-corrected chi connectivity index (χ0v) is 17.7. The van der Waals surface area contributed by atoms with E-state index >= 15 is 0 Å². The van der Waals surface area contributed by atoms with E-state index in [1.165, 1.54) is 0 Å². The maximum absolute atomic E-state index is 13.0. The number of hydrogen-bond donors (Lipinski definition) is 0. The van der Waals surface area contributed by atoms with E-state index in [4.69, 9.17) is 0 Å². The molecule has 2 aromatic heterocycles. The van der Waals surface area contributed by atoms with Crippen LogP contribution < -0.4 is 9.80 Å². The van der Waals surface area contributed by atoms with Crippen molar-refractivity contribution in [1.29, 1.82) is 0 Å². The Morgan fingerprint density at radius 3 is 2.65 bits per heavy atom. The van der Waals surface area contributed by atoms with Crippen molar-refractivity contribution >= 4 is 23.2 Å². The molecule has 3 heterocycles. The molecule has 7 nitrogen and oxygen atoms in total. The van der Waals surface area contributed by atoms with Crippen LogP contribution in [0.4, 0.5) is 11.4 Å². The first-order valence-electron chi connectivity index (χ1n) is 10.7. The van der Waals surface area contributed by atoms with Gasteiger partial charge in [-0.3, -0.25) is 19.3 Å². The average Bonchev–Trinajstić information content (AvgIpc) is 3.52. The molecule has 0 bridgehead atoms. The number of aromatic nitrogens is 3. The van der Waals surface area contributed by atoms with Crippen LogP contribution in [0.15, 0.2) is 55.0 Å². The summed E-state index contributed by atoms with van der Waals surface area (Å²) in [6.45, 7) is 4.68. The van der Waals surface area contributed by atoms with Crippen molar-refractivity contribution in [2.24, 2.45) is 5.92 Å². The summed E-state index contributed by atoms with van der Waals surface area (Å²) in [5.74, 6) is 0.274. The number of pyridine rings is 1. The second-order valence-corrected chi connectivity index (χ2v) is 8.41. The van der Waals surface area contributed by atoms with Crippen molar-refractivity contribution in [2.45, 2.75) is 39.3 Å². The topological polar surface area (TPSA) is 71.3 Å². The maximum Gasteiger partial charge on any atom is 0.230 e. The van der Waals surface area contributed by atoms with Gasteiger partial charge in [0.15, 0.2) is 0 Å². The molecular formula is C24H25N5O2. The lowest BCUT2D eigenvalue weighted by atomic mass is 10.0. The minimum atomic E-state index is -0.0559. The van der Waals surface area contributed by atoms with Crippen molar-refractivity contribution in [3.8, 4) is 11.1 Å². The number of rotatable bonds is 4. The molecule has 1 aliphatic carbocycles. The van der Waals surface area contributed by atoms with Crippen molar-refractivity contribution in [1.82, 2.24) is 14.8 Å². The highest BCUT2D eigenvalue weighted by Crippen LogP contribution is 2.42. The van der Waals surface area contributed by atoms with Crippen LogP contribution in [0.2, 0.25) is 0 Å². The van der Waals surface area contributed by atoms with E-state index in [2.05, 4.69) is 10.1 Å². The van der Waals surface area contributed by atoms with Gasteiger partial charge in [0.2, 0.25) is 11.8 Å². The molecule has 0 spiro atoms. The second kappa shape index (κ2) is 7.65. The summed E-state index contributed by atoms with van der Waals surface area (Å²) in [7, 11) is 0. The molecule has 1 aliphatic heterocycles. The smallest absolute Gasteiger partial charge is 0.230 e. The average molecular weight is 415 g/mol. The predicted molar refractivity (Wildman–Crippen MR) is 119 cm³/mol. The van der Waals surface area contributed by atoms with Gasteiger partial charge in [0.05, 0.1) is 35.9 Å². The van der Waals surface area contributed by atoms with E-state index in [-0.39, 0.29) is 23.8 Å². The molecule has 1 aromatic carbocycles. The van der Waals surface area contributed by atoms with Gasteiger partial charge in [-0.25, -0.2) is 0 Å². The van der Waals surface area contributed by atoms with E-state index in [1.54, 1.807) is 18.0 Å². The van der Waals surface area contributed by atoms with Crippen molar-refractivity contribution < 1.29 is 9.59 Å². The quantitative estimate of drug-likeness (QED) is 0.654. The lowest BCUT2D eigenvalue weighted by molar-refractivity contribution is -0.120. The maximum atomic E-state index is 13.0. The SMILES string of the molecule is CC(=O)N1c2ccc(-c3cnn(Cc4ccccn4)c3)cc2N(C(=O)C2CC2)CC1C. The monoisotopic (exact) mass is 415 g/mol. The molecule has 7 heteroatoms. The van der Waals surface area contributed by atoms with Crippen LogP contribution in [0.1, 0.15) is 32.4 Å². The summed E-state index contributed by atoms with van der Waals surface area (Å²) in [5.41, 5.74) is 4.48. The summed E-state index contributed by atoms with van der Waals surface area (Å²) in [6, 6.07) is 11.7. The van der Waals surface area contributed by atoms with Crippen LogP contribution in [0, 0.1) is 5.92 Å². The normalized spacial score (nSPS) is 18.1. The molecule has 2 aliphatic rings. The Morgan fingerprint density at radius 2 is 1.94 bits per heavy atom. The molecular weight excluding hydrogens is 390 g/mol. The number of amides is 2. The molecule has 0 saturated heterocycles. The summed E-state index contributed by atoms with van der Waals surface area (Å²) >= 11 is 0. The molecule has 1 unspecified atom stereocenters. The molecule has 31 heavy (non-hydrogen) atoms. The van der Waals surface area contributed by atoms with Crippen LogP contribution >= 0.6 is 0 Å². The second-order valence-electron chi connectivity index (χ2n) is 8.41. The number of anilines is 2. The van der Waals surface area contributed by atoms with Gasteiger partial charge in [-0.1, -0.05) is 12.1 Å². The van der Waals surface area contributed by atoms with Crippen LogP contribution in [-0.4, -0.2) is 39.2 Å². The van der Waals surface area contributed by atoms with E-state index in [0.717, 1.165) is 41.0 Å². The number of carbonyl (C=O) groups excluding carboxylic acids is 2. The highest BCUT2D eigenvalue weighted by Gasteiger charge is 2.39. The lowest BCUT2D eigenvalue weighted by Crippen LogP contribution is -2.51. The first-order chi connectivity index (χ1) is 15.0. The zero-order valence-electron chi connectivity index (χ0n) is 17.7. The summed E-state index contributed by atoms with van der Waals surface area (Å²) in [4.78, 5) is 33.3. The number of benzene rings is 1. The van der Waals surface area contributed by atoms with E-state index in [1.807, 2.05) is 65.3 Å². The van der Waals surface area contributed by atoms with Gasteiger partial charge >= 0.3 is 0 Å². The number of carbonyl (C=O) groups is 2.